The van der Waals surface area contributed by atoms with E-state index in [0.717, 1.165) is 16.4 Å². The van der Waals surface area contributed by atoms with Gasteiger partial charge in [0, 0.05) is 22.3 Å². The van der Waals surface area contributed by atoms with E-state index in [4.69, 9.17) is 0 Å². The number of allylic oxidation sites excluding steroid dienone is 4. The van der Waals surface area contributed by atoms with Gasteiger partial charge in [0.25, 0.3) is 0 Å². The second kappa shape index (κ2) is 14.6. The van der Waals surface area contributed by atoms with Gasteiger partial charge in [-0.3, -0.25) is 0 Å². The third kappa shape index (κ3) is 7.00. The van der Waals surface area contributed by atoms with E-state index in [1.54, 1.807) is 0 Å². The standard InChI is InChI=1S/2C16H13P.ClH.Zr.H/c2*1-3-7-13(8-4-1)15-11-17-12-16(15)14-9-5-2-6-10-14;;;/h2*1-11H,12H2;1H;;/q;;;+2;-1/p+1. The molecule has 4 heteroatoms. The molecular weight excluding hydrogens is 573 g/mol. The van der Waals surface area contributed by atoms with Gasteiger partial charge in [0.1, 0.15) is 23.9 Å². The van der Waals surface area contributed by atoms with Gasteiger partial charge in [-0.1, -0.05) is 121 Å². The number of halogens is 1. The minimum atomic E-state index is 0. The van der Waals surface area contributed by atoms with Crippen LogP contribution >= 0.6 is 16.4 Å². The zero-order chi connectivity index (χ0) is 23.0. The molecule has 0 spiro atoms. The van der Waals surface area contributed by atoms with E-state index in [1.165, 1.54) is 56.9 Å². The second-order valence-electron chi connectivity index (χ2n) is 8.30. The first kappa shape index (κ1) is 28.4. The first-order valence-electron chi connectivity index (χ1n) is 11.7. The molecule has 0 aromatic heterocycles. The molecule has 2 unspecified atom stereocenters. The number of hydrogen-bond donors (Lipinski definition) is 0. The average molecular weight is 602 g/mol. The maximum atomic E-state index is 2.39. The molecule has 36 heavy (non-hydrogen) atoms. The van der Waals surface area contributed by atoms with E-state index in [-0.39, 0.29) is 40.0 Å². The first-order chi connectivity index (χ1) is 16.9. The van der Waals surface area contributed by atoms with Crippen molar-refractivity contribution in [2.75, 3.05) is 12.3 Å². The first-order valence-corrected chi connectivity index (χ1v) is 14.3. The molecule has 0 aliphatic carbocycles. The third-order valence-corrected chi connectivity index (χ3v) is 8.22. The molecular formula is C32H29ClP2Zr+2. The van der Waals surface area contributed by atoms with Gasteiger partial charge in [-0.25, -0.2) is 0 Å². The Kier molecular flexibility index (Phi) is 11.5. The van der Waals surface area contributed by atoms with Crippen molar-refractivity contribution in [1.29, 1.82) is 0 Å². The van der Waals surface area contributed by atoms with Crippen LogP contribution in [0.25, 0.3) is 22.3 Å². The van der Waals surface area contributed by atoms with Crippen molar-refractivity contribution in [3.05, 3.63) is 144 Å². The number of rotatable bonds is 4. The average Bonchev–Trinajstić information content (AvgIpc) is 3.62. The van der Waals surface area contributed by atoms with Crippen LogP contribution in [0.5, 0.6) is 0 Å². The summed E-state index contributed by atoms with van der Waals surface area (Å²) in [5.41, 5.74) is 11.3. The molecule has 6 rings (SSSR count). The molecule has 176 valence electrons. The van der Waals surface area contributed by atoms with Gasteiger partial charge in [-0.05, 0) is 22.3 Å². The molecule has 0 radical (unpaired) electrons. The Balaban J connectivity index is 0.000000241. The largest absolute Gasteiger partial charge is 2.00 e. The Morgan fingerprint density at radius 2 is 0.694 bits per heavy atom. The Morgan fingerprint density at radius 3 is 1.00 bits per heavy atom. The summed E-state index contributed by atoms with van der Waals surface area (Å²) >= 11 is 0. The maximum Gasteiger partial charge on any atom is 2.00 e. The maximum absolute atomic E-state index is 2.39. The Labute approximate surface area is 244 Å². The van der Waals surface area contributed by atoms with Gasteiger partial charge < -0.3 is 13.8 Å². The van der Waals surface area contributed by atoms with E-state index < -0.39 is 0 Å². The fourth-order valence-corrected chi connectivity index (χ4v) is 6.91. The molecule has 0 saturated carbocycles. The molecule has 0 saturated heterocycles. The molecule has 2 aliphatic heterocycles. The molecule has 0 bridgehead atoms. The Morgan fingerprint density at radius 1 is 0.417 bits per heavy atom. The number of hydrogen-bond acceptors (Lipinski definition) is 0. The quantitative estimate of drug-likeness (QED) is 0.279. The van der Waals surface area contributed by atoms with Crippen molar-refractivity contribution in [3.63, 3.8) is 0 Å². The van der Waals surface area contributed by atoms with Crippen LogP contribution in [0.2, 0.25) is 0 Å². The molecule has 0 N–H and O–H groups in total. The SMILES string of the molecule is C1=[PH+]CC(c2ccccc2)=C1c1ccccc1.C1=[PH+]CC(c2ccccc2)=C1c1ccccc1.[Cl-].[H-].[Zr+2]. The molecule has 2 heterocycles. The molecule has 2 aliphatic rings. The van der Waals surface area contributed by atoms with Crippen LogP contribution in [0.3, 0.4) is 0 Å². The molecule has 4 aromatic carbocycles. The molecule has 0 fully saturated rings. The van der Waals surface area contributed by atoms with Crippen molar-refractivity contribution in [3.8, 4) is 0 Å². The zero-order valence-corrected chi connectivity index (χ0v) is 25.2. The summed E-state index contributed by atoms with van der Waals surface area (Å²) in [6.45, 7) is 0. The van der Waals surface area contributed by atoms with Crippen LogP contribution in [0.15, 0.2) is 121 Å². The van der Waals surface area contributed by atoms with Crippen molar-refractivity contribution < 1.29 is 40.0 Å². The summed E-state index contributed by atoms with van der Waals surface area (Å²) in [7, 11) is 1.84. The van der Waals surface area contributed by atoms with E-state index in [9.17, 15) is 0 Å². The Hall–Kier alpha value is -2.13. The molecule has 0 nitrogen and oxygen atoms in total. The predicted molar refractivity (Wildman–Crippen MR) is 159 cm³/mol. The van der Waals surface area contributed by atoms with Crippen LogP contribution in [-0.4, -0.2) is 23.9 Å². The van der Waals surface area contributed by atoms with Gasteiger partial charge in [0.15, 0.2) is 0 Å². The van der Waals surface area contributed by atoms with Gasteiger partial charge in [0.05, 0.1) is 16.4 Å². The summed E-state index contributed by atoms with van der Waals surface area (Å²) < 4.78 is 0. The van der Waals surface area contributed by atoms with Crippen molar-refractivity contribution in [1.82, 2.24) is 0 Å². The van der Waals surface area contributed by atoms with Gasteiger partial charge in [0.2, 0.25) is 0 Å². The second-order valence-corrected chi connectivity index (χ2v) is 10.4. The van der Waals surface area contributed by atoms with Crippen LogP contribution < -0.4 is 12.4 Å². The van der Waals surface area contributed by atoms with Crippen LogP contribution in [0.4, 0.5) is 0 Å². The summed E-state index contributed by atoms with van der Waals surface area (Å²) in [5.74, 6) is 4.77. The monoisotopic (exact) mass is 600 g/mol. The molecule has 2 atom stereocenters. The fourth-order valence-electron chi connectivity index (χ4n) is 4.42. The van der Waals surface area contributed by atoms with E-state index in [2.05, 4.69) is 133 Å². The minimum Gasteiger partial charge on any atom is -1.00 e. The van der Waals surface area contributed by atoms with Crippen molar-refractivity contribution in [2.45, 2.75) is 0 Å². The van der Waals surface area contributed by atoms with Crippen molar-refractivity contribution in [2.24, 2.45) is 0 Å². The Bertz CT molecular complexity index is 1260. The van der Waals surface area contributed by atoms with Crippen molar-refractivity contribution >= 4 is 50.3 Å². The third-order valence-electron chi connectivity index (χ3n) is 6.11. The van der Waals surface area contributed by atoms with Crippen LogP contribution in [0.1, 0.15) is 23.7 Å². The fraction of sp³-hybridized carbons (Fsp3) is 0.0625. The van der Waals surface area contributed by atoms with Crippen LogP contribution in [0, 0.1) is 0 Å². The minimum absolute atomic E-state index is 0. The normalized spacial score (nSPS) is 14.4. The van der Waals surface area contributed by atoms with E-state index in [0.29, 0.717) is 0 Å². The molecule has 0 amide bonds. The van der Waals surface area contributed by atoms with Gasteiger partial charge in [-0.2, -0.15) is 0 Å². The molecule has 4 aromatic rings. The smallest absolute Gasteiger partial charge is 1.00 e. The topological polar surface area (TPSA) is 0 Å². The summed E-state index contributed by atoms with van der Waals surface area (Å²) in [6.07, 6.45) is 2.38. The van der Waals surface area contributed by atoms with E-state index in [1.807, 2.05) is 0 Å². The van der Waals surface area contributed by atoms with Crippen LogP contribution in [-0.2, 0) is 26.2 Å². The predicted octanol–water partition coefficient (Wildman–Crippen LogP) is 5.30. The summed E-state index contributed by atoms with van der Waals surface area (Å²) in [6, 6.07) is 42.9. The van der Waals surface area contributed by atoms with Gasteiger partial charge in [-0.15, -0.1) is 0 Å². The number of benzene rings is 4. The van der Waals surface area contributed by atoms with E-state index >= 15 is 0 Å². The summed E-state index contributed by atoms with van der Waals surface area (Å²) in [5, 5.41) is 0. The zero-order valence-electron chi connectivity index (χ0n) is 21.0. The van der Waals surface area contributed by atoms with Gasteiger partial charge >= 0.3 is 26.2 Å². The summed E-state index contributed by atoms with van der Waals surface area (Å²) in [4.78, 5) is 0.